The Hall–Kier alpha value is -1.30. The largest absolute Gasteiger partial charge is 0.359 e. The van der Waals surface area contributed by atoms with Crippen molar-refractivity contribution in [2.75, 3.05) is 7.05 Å². The van der Waals surface area contributed by atoms with Crippen LogP contribution in [0.2, 0.25) is 0 Å². The molecule has 3 heteroatoms. The highest BCUT2D eigenvalue weighted by Crippen LogP contribution is 1.95. The van der Waals surface area contributed by atoms with Crippen molar-refractivity contribution in [1.82, 2.24) is 5.32 Å². The minimum absolute atomic E-state index is 0.0604. The summed E-state index contributed by atoms with van der Waals surface area (Å²) in [5.41, 5.74) is 0. The Morgan fingerprint density at radius 3 is 2.55 bits per heavy atom. The van der Waals surface area contributed by atoms with Gasteiger partial charge in [0, 0.05) is 19.9 Å². The van der Waals surface area contributed by atoms with E-state index in [9.17, 15) is 9.59 Å². The Kier molecular flexibility index (Phi) is 4.83. The predicted molar refractivity (Wildman–Crippen MR) is 41.8 cm³/mol. The summed E-state index contributed by atoms with van der Waals surface area (Å²) in [6.07, 6.45) is 6.01. The zero-order chi connectivity index (χ0) is 8.69. The first-order valence-corrected chi connectivity index (χ1v) is 3.40. The number of terminal acetylenes is 1. The van der Waals surface area contributed by atoms with Gasteiger partial charge in [0.15, 0.2) is 0 Å². The lowest BCUT2D eigenvalue weighted by Crippen LogP contribution is -2.17. The van der Waals surface area contributed by atoms with Crippen molar-refractivity contribution in [3.63, 3.8) is 0 Å². The zero-order valence-electron chi connectivity index (χ0n) is 6.52. The quantitative estimate of drug-likeness (QED) is 0.460. The van der Waals surface area contributed by atoms with Gasteiger partial charge in [-0.1, -0.05) is 0 Å². The number of carbonyl (C=O) groups is 2. The first kappa shape index (κ1) is 9.70. The van der Waals surface area contributed by atoms with Crippen LogP contribution in [0.15, 0.2) is 0 Å². The molecule has 0 atom stereocenters. The number of amides is 1. The number of Topliss-reactive ketones (excluding diaryl/α,β-unsaturated/α-hetero) is 1. The van der Waals surface area contributed by atoms with E-state index >= 15 is 0 Å². The normalized spacial score (nSPS) is 8.36. The summed E-state index contributed by atoms with van der Waals surface area (Å²) in [5, 5.41) is 2.45. The van der Waals surface area contributed by atoms with Gasteiger partial charge < -0.3 is 5.32 Å². The Labute approximate surface area is 66.2 Å². The summed E-state index contributed by atoms with van der Waals surface area (Å²) < 4.78 is 0. The minimum atomic E-state index is -0.242. The molecule has 1 N–H and O–H groups in total. The molecule has 3 nitrogen and oxygen atoms in total. The maximum atomic E-state index is 10.6. The Bertz CT molecular complexity index is 191. The van der Waals surface area contributed by atoms with Gasteiger partial charge in [0.05, 0.1) is 0 Å². The maximum Gasteiger partial charge on any atom is 0.219 e. The first-order valence-electron chi connectivity index (χ1n) is 3.40. The highest BCUT2D eigenvalue weighted by atomic mass is 16.1. The third-order valence-electron chi connectivity index (χ3n) is 1.25. The van der Waals surface area contributed by atoms with E-state index in [-0.39, 0.29) is 11.7 Å². The molecule has 0 aromatic carbocycles. The summed E-state index contributed by atoms with van der Waals surface area (Å²) in [7, 11) is 1.56. The van der Waals surface area contributed by atoms with Crippen molar-refractivity contribution < 1.29 is 9.59 Å². The number of hydrogen-bond acceptors (Lipinski definition) is 2. The van der Waals surface area contributed by atoms with Gasteiger partial charge in [0.25, 0.3) is 0 Å². The van der Waals surface area contributed by atoms with Gasteiger partial charge in [0.1, 0.15) is 0 Å². The molecule has 0 rings (SSSR count). The Balaban J connectivity index is 3.36. The zero-order valence-corrected chi connectivity index (χ0v) is 6.52. The van der Waals surface area contributed by atoms with Gasteiger partial charge in [0.2, 0.25) is 11.7 Å². The molecule has 0 aliphatic heterocycles. The molecule has 0 bridgehead atoms. The van der Waals surface area contributed by atoms with Gasteiger partial charge in [-0.05, 0) is 12.3 Å². The summed E-state index contributed by atoms with van der Waals surface area (Å²) in [6, 6.07) is 0. The maximum absolute atomic E-state index is 10.6. The average Bonchev–Trinajstić information content (AvgIpc) is 2.04. The van der Waals surface area contributed by atoms with Crippen LogP contribution in [-0.4, -0.2) is 18.7 Å². The van der Waals surface area contributed by atoms with E-state index in [4.69, 9.17) is 6.42 Å². The number of hydrogen-bond donors (Lipinski definition) is 1. The summed E-state index contributed by atoms with van der Waals surface area (Å²) >= 11 is 0. The van der Waals surface area contributed by atoms with E-state index in [0.29, 0.717) is 19.3 Å². The molecule has 0 radical (unpaired) electrons. The molecule has 0 aliphatic rings. The summed E-state index contributed by atoms with van der Waals surface area (Å²) in [5.74, 6) is 1.68. The van der Waals surface area contributed by atoms with E-state index in [2.05, 4.69) is 5.32 Å². The standard InChI is InChI=1S/C8H11NO2/c1-3-7(10)5-4-6-8(11)9-2/h1H,4-6H2,2H3,(H,9,11). The number of ketones is 1. The molecule has 11 heavy (non-hydrogen) atoms. The van der Waals surface area contributed by atoms with Gasteiger partial charge in [-0.3, -0.25) is 9.59 Å². The van der Waals surface area contributed by atoms with Crippen LogP contribution in [0.4, 0.5) is 0 Å². The molecule has 0 saturated heterocycles. The molecule has 0 fully saturated rings. The first-order chi connectivity index (χ1) is 5.20. The van der Waals surface area contributed by atoms with E-state index in [1.165, 1.54) is 0 Å². The van der Waals surface area contributed by atoms with Crippen LogP contribution in [0.5, 0.6) is 0 Å². The van der Waals surface area contributed by atoms with E-state index in [1.807, 2.05) is 5.92 Å². The lowest BCUT2D eigenvalue weighted by atomic mass is 10.2. The van der Waals surface area contributed by atoms with Crippen LogP contribution in [0.25, 0.3) is 0 Å². The molecule has 0 unspecified atom stereocenters. The van der Waals surface area contributed by atoms with Crippen molar-refractivity contribution in [3.05, 3.63) is 0 Å². The molecular formula is C8H11NO2. The fraction of sp³-hybridized carbons (Fsp3) is 0.500. The van der Waals surface area contributed by atoms with E-state index in [1.54, 1.807) is 7.05 Å². The Morgan fingerprint density at radius 2 is 2.09 bits per heavy atom. The number of rotatable bonds is 4. The van der Waals surface area contributed by atoms with Gasteiger partial charge in [-0.15, -0.1) is 6.42 Å². The number of nitrogens with one attached hydrogen (secondary N) is 1. The van der Waals surface area contributed by atoms with Crippen LogP contribution in [0, 0.1) is 12.3 Å². The van der Waals surface area contributed by atoms with Crippen molar-refractivity contribution >= 4 is 11.7 Å². The SMILES string of the molecule is C#CC(=O)CCCC(=O)NC. The van der Waals surface area contributed by atoms with Gasteiger partial charge in [-0.2, -0.15) is 0 Å². The smallest absolute Gasteiger partial charge is 0.219 e. The third kappa shape index (κ3) is 5.16. The second kappa shape index (κ2) is 5.48. The van der Waals surface area contributed by atoms with E-state index in [0.717, 1.165) is 0 Å². The fourth-order valence-corrected chi connectivity index (χ4v) is 0.607. The number of carbonyl (C=O) groups excluding carboxylic acids is 2. The molecule has 0 spiro atoms. The minimum Gasteiger partial charge on any atom is -0.359 e. The molecule has 0 saturated carbocycles. The molecular weight excluding hydrogens is 142 g/mol. The topological polar surface area (TPSA) is 46.2 Å². The second-order valence-electron chi connectivity index (χ2n) is 2.09. The molecule has 1 amide bonds. The lowest BCUT2D eigenvalue weighted by Gasteiger charge is -1.95. The van der Waals surface area contributed by atoms with Crippen molar-refractivity contribution in [2.24, 2.45) is 0 Å². The Morgan fingerprint density at radius 1 is 1.45 bits per heavy atom. The van der Waals surface area contributed by atoms with Crippen LogP contribution < -0.4 is 5.32 Å². The molecule has 0 aliphatic carbocycles. The lowest BCUT2D eigenvalue weighted by molar-refractivity contribution is -0.120. The van der Waals surface area contributed by atoms with Crippen LogP contribution in [0.1, 0.15) is 19.3 Å². The molecule has 0 aromatic heterocycles. The summed E-state index contributed by atoms with van der Waals surface area (Å²) in [6.45, 7) is 0. The van der Waals surface area contributed by atoms with Crippen molar-refractivity contribution in [2.45, 2.75) is 19.3 Å². The van der Waals surface area contributed by atoms with Crippen LogP contribution in [-0.2, 0) is 9.59 Å². The predicted octanol–water partition coefficient (Wildman–Crippen LogP) is 0.105. The van der Waals surface area contributed by atoms with Crippen molar-refractivity contribution in [3.8, 4) is 12.3 Å². The highest BCUT2D eigenvalue weighted by molar-refractivity contribution is 5.94. The van der Waals surface area contributed by atoms with Gasteiger partial charge in [-0.25, -0.2) is 0 Å². The van der Waals surface area contributed by atoms with Gasteiger partial charge >= 0.3 is 0 Å². The fourth-order valence-electron chi connectivity index (χ4n) is 0.607. The monoisotopic (exact) mass is 153 g/mol. The van der Waals surface area contributed by atoms with Crippen LogP contribution in [0.3, 0.4) is 0 Å². The molecule has 60 valence electrons. The summed E-state index contributed by atoms with van der Waals surface area (Å²) in [4.78, 5) is 21.1. The van der Waals surface area contributed by atoms with Crippen LogP contribution >= 0.6 is 0 Å². The molecule has 0 aromatic rings. The third-order valence-corrected chi connectivity index (χ3v) is 1.25. The molecule has 0 heterocycles. The van der Waals surface area contributed by atoms with Crippen molar-refractivity contribution in [1.29, 1.82) is 0 Å². The second-order valence-corrected chi connectivity index (χ2v) is 2.09. The highest BCUT2D eigenvalue weighted by Gasteiger charge is 2.00. The van der Waals surface area contributed by atoms with E-state index < -0.39 is 0 Å². The average molecular weight is 153 g/mol.